The third-order valence-electron chi connectivity index (χ3n) is 7.40. The predicted octanol–water partition coefficient (Wildman–Crippen LogP) is 3.23. The zero-order valence-electron chi connectivity index (χ0n) is 18.5. The van der Waals surface area contributed by atoms with E-state index in [0.717, 1.165) is 31.9 Å². The van der Waals surface area contributed by atoms with Gasteiger partial charge in [-0.15, -0.1) is 0 Å². The number of hydrogen-bond donors (Lipinski definition) is 1. The topological polar surface area (TPSA) is 78.7 Å². The molecule has 1 fully saturated rings. The molecule has 2 aliphatic heterocycles. The molecular formula is C26H26N4O3. The maximum atomic E-state index is 13.5. The van der Waals surface area contributed by atoms with Gasteiger partial charge in [0.05, 0.1) is 6.20 Å². The standard InChI is InChI=1S/C26H26N4O3/c1-16-7-6-14-28-25(29-23(26(33)30(16)28)24(32)21(31)15-27-29)22-19-10-4-2-8-17(19)12-13-18-9-3-5-11-20(18)22/h2-5,8-11,15-16,22,25,32H,6-7,12-14H2,1H3/t16-,25+/m1/s1. The van der Waals surface area contributed by atoms with Crippen LogP contribution >= 0.6 is 0 Å². The van der Waals surface area contributed by atoms with Gasteiger partial charge >= 0.3 is 0 Å². The third-order valence-corrected chi connectivity index (χ3v) is 7.40. The number of fused-ring (bicyclic) bond motifs is 4. The van der Waals surface area contributed by atoms with Crippen LogP contribution in [0.5, 0.6) is 5.75 Å². The minimum atomic E-state index is -0.631. The maximum absolute atomic E-state index is 13.5. The summed E-state index contributed by atoms with van der Waals surface area (Å²) in [6.07, 6.45) is 4.44. The molecule has 1 aliphatic carbocycles. The molecule has 6 rings (SSSR count). The maximum Gasteiger partial charge on any atom is 0.290 e. The van der Waals surface area contributed by atoms with Crippen molar-refractivity contribution in [2.24, 2.45) is 0 Å². The first-order valence-electron chi connectivity index (χ1n) is 11.6. The first-order chi connectivity index (χ1) is 16.1. The monoisotopic (exact) mass is 442 g/mol. The van der Waals surface area contributed by atoms with E-state index in [1.165, 1.54) is 22.3 Å². The molecule has 1 N–H and O–H groups in total. The Morgan fingerprint density at radius 3 is 2.27 bits per heavy atom. The van der Waals surface area contributed by atoms with Crippen molar-refractivity contribution in [1.82, 2.24) is 19.8 Å². The van der Waals surface area contributed by atoms with Gasteiger partial charge in [-0.05, 0) is 54.9 Å². The smallest absolute Gasteiger partial charge is 0.290 e. The average Bonchev–Trinajstić information content (AvgIpc) is 2.99. The molecule has 3 aliphatic rings. The molecular weight excluding hydrogens is 416 g/mol. The first-order valence-corrected chi connectivity index (χ1v) is 11.6. The number of hydrazine groups is 1. The molecule has 1 saturated heterocycles. The van der Waals surface area contributed by atoms with Gasteiger partial charge < -0.3 is 5.11 Å². The highest BCUT2D eigenvalue weighted by molar-refractivity contribution is 5.95. The zero-order chi connectivity index (χ0) is 22.7. The van der Waals surface area contributed by atoms with Crippen LogP contribution in [0.15, 0.2) is 59.5 Å². The van der Waals surface area contributed by atoms with E-state index in [2.05, 4.69) is 58.6 Å². The minimum absolute atomic E-state index is 0.0169. The number of aryl methyl sites for hydroxylation is 2. The van der Waals surface area contributed by atoms with E-state index in [-0.39, 0.29) is 29.7 Å². The molecule has 3 heterocycles. The zero-order valence-corrected chi connectivity index (χ0v) is 18.5. The number of hydrogen-bond acceptors (Lipinski definition) is 5. The van der Waals surface area contributed by atoms with Crippen LogP contribution < -0.4 is 5.43 Å². The summed E-state index contributed by atoms with van der Waals surface area (Å²) >= 11 is 0. The lowest BCUT2D eigenvalue weighted by Crippen LogP contribution is -2.62. The summed E-state index contributed by atoms with van der Waals surface area (Å²) in [6.45, 7) is 2.73. The van der Waals surface area contributed by atoms with E-state index in [0.29, 0.717) is 6.54 Å². The van der Waals surface area contributed by atoms with Gasteiger partial charge in [0.15, 0.2) is 11.4 Å². The van der Waals surface area contributed by atoms with Crippen molar-refractivity contribution < 1.29 is 9.90 Å². The van der Waals surface area contributed by atoms with Crippen molar-refractivity contribution >= 4 is 5.91 Å². The molecule has 0 radical (unpaired) electrons. The van der Waals surface area contributed by atoms with E-state index in [9.17, 15) is 14.7 Å². The Hall–Kier alpha value is -3.45. The molecule has 2 aromatic carbocycles. The molecule has 3 aromatic rings. The largest absolute Gasteiger partial charge is 0.502 e. The van der Waals surface area contributed by atoms with Gasteiger partial charge in [-0.25, -0.2) is 4.68 Å². The SMILES string of the molecule is C[C@@H]1CCCN2[C@H](C3c4ccccc4CCc4ccccc43)n3ncc(=O)c(O)c3C(=O)N12. The Kier molecular flexibility index (Phi) is 4.62. The van der Waals surface area contributed by atoms with E-state index in [1.54, 1.807) is 9.69 Å². The lowest BCUT2D eigenvalue weighted by molar-refractivity contribution is -0.125. The molecule has 1 amide bonds. The van der Waals surface area contributed by atoms with Crippen LogP contribution in [0.1, 0.15) is 64.6 Å². The van der Waals surface area contributed by atoms with E-state index < -0.39 is 11.2 Å². The van der Waals surface area contributed by atoms with Gasteiger partial charge in [0.25, 0.3) is 5.91 Å². The van der Waals surface area contributed by atoms with E-state index in [4.69, 9.17) is 0 Å². The van der Waals surface area contributed by atoms with Gasteiger partial charge in [-0.2, -0.15) is 10.1 Å². The Labute approximate surface area is 191 Å². The molecule has 33 heavy (non-hydrogen) atoms. The lowest BCUT2D eigenvalue weighted by Gasteiger charge is -2.52. The van der Waals surface area contributed by atoms with Crippen molar-refractivity contribution in [3.8, 4) is 5.75 Å². The van der Waals surface area contributed by atoms with Crippen LogP contribution in [0.25, 0.3) is 0 Å². The van der Waals surface area contributed by atoms with E-state index in [1.807, 2.05) is 6.92 Å². The second-order valence-corrected chi connectivity index (χ2v) is 9.24. The van der Waals surface area contributed by atoms with Crippen LogP contribution in [-0.2, 0) is 12.8 Å². The van der Waals surface area contributed by atoms with Gasteiger partial charge in [-0.3, -0.25) is 14.6 Å². The minimum Gasteiger partial charge on any atom is -0.502 e. The number of rotatable bonds is 1. The molecule has 0 unspecified atom stereocenters. The highest BCUT2D eigenvalue weighted by Gasteiger charge is 2.48. The van der Waals surface area contributed by atoms with Crippen LogP contribution in [0.4, 0.5) is 0 Å². The fraction of sp³-hybridized carbons (Fsp3) is 0.346. The number of amides is 1. The fourth-order valence-corrected chi connectivity index (χ4v) is 5.90. The summed E-state index contributed by atoms with van der Waals surface area (Å²) in [4.78, 5) is 25.8. The second kappa shape index (κ2) is 7.56. The first kappa shape index (κ1) is 20.2. The predicted molar refractivity (Wildman–Crippen MR) is 123 cm³/mol. The molecule has 1 aromatic heterocycles. The third kappa shape index (κ3) is 2.95. The Bertz CT molecular complexity index is 1270. The summed E-state index contributed by atoms with van der Waals surface area (Å²) < 4.78 is 1.59. The van der Waals surface area contributed by atoms with Crippen molar-refractivity contribution in [1.29, 1.82) is 0 Å². The van der Waals surface area contributed by atoms with Gasteiger partial charge in [0.2, 0.25) is 5.43 Å². The highest BCUT2D eigenvalue weighted by atomic mass is 16.3. The van der Waals surface area contributed by atoms with Crippen LogP contribution in [0.2, 0.25) is 0 Å². The van der Waals surface area contributed by atoms with Gasteiger partial charge in [0.1, 0.15) is 6.17 Å². The van der Waals surface area contributed by atoms with Crippen molar-refractivity contribution in [2.75, 3.05) is 6.54 Å². The number of benzene rings is 2. The highest BCUT2D eigenvalue weighted by Crippen LogP contribution is 2.46. The van der Waals surface area contributed by atoms with Crippen LogP contribution in [0.3, 0.4) is 0 Å². The fourth-order valence-electron chi connectivity index (χ4n) is 5.90. The number of nitrogens with zero attached hydrogens (tertiary/aromatic N) is 4. The van der Waals surface area contributed by atoms with Crippen molar-refractivity contribution in [3.63, 3.8) is 0 Å². The van der Waals surface area contributed by atoms with Crippen LogP contribution in [-0.4, -0.2) is 43.4 Å². The summed E-state index contributed by atoms with van der Waals surface area (Å²) in [5.41, 5.74) is 4.31. The quantitative estimate of drug-likeness (QED) is 0.626. The molecule has 0 spiro atoms. The Morgan fingerprint density at radius 2 is 1.61 bits per heavy atom. The number of carbonyl (C=O) groups excluding carboxylic acids is 1. The molecule has 168 valence electrons. The van der Waals surface area contributed by atoms with Crippen LogP contribution in [0, 0.1) is 0 Å². The molecule has 0 saturated carbocycles. The molecule has 0 bridgehead atoms. The summed E-state index contributed by atoms with van der Waals surface area (Å²) in [7, 11) is 0. The summed E-state index contributed by atoms with van der Waals surface area (Å²) in [5, 5.41) is 19.0. The Morgan fingerprint density at radius 1 is 0.970 bits per heavy atom. The molecule has 7 nitrogen and oxygen atoms in total. The molecule has 2 atom stereocenters. The van der Waals surface area contributed by atoms with E-state index >= 15 is 0 Å². The average molecular weight is 443 g/mol. The van der Waals surface area contributed by atoms with Gasteiger partial charge in [-0.1, -0.05) is 48.5 Å². The van der Waals surface area contributed by atoms with Gasteiger partial charge in [0, 0.05) is 18.5 Å². The molecule has 7 heteroatoms. The summed E-state index contributed by atoms with van der Waals surface area (Å²) in [5.74, 6) is -1.00. The lowest BCUT2D eigenvalue weighted by atomic mass is 9.84. The Balaban J connectivity index is 1.66. The number of aromatic nitrogens is 2. The number of aromatic hydroxyl groups is 1. The second-order valence-electron chi connectivity index (χ2n) is 9.24. The number of carbonyl (C=O) groups is 1. The van der Waals surface area contributed by atoms with Crippen molar-refractivity contribution in [3.05, 3.63) is 92.9 Å². The normalized spacial score (nSPS) is 22.7. The summed E-state index contributed by atoms with van der Waals surface area (Å²) in [6, 6.07) is 16.9. The van der Waals surface area contributed by atoms with Crippen molar-refractivity contribution in [2.45, 2.75) is 50.7 Å².